The van der Waals surface area contributed by atoms with E-state index in [1.54, 1.807) is 37.4 Å². The molecule has 158 valence electrons. The average Bonchev–Trinajstić information content (AvgIpc) is 2.70. The number of benzene rings is 2. The predicted octanol–water partition coefficient (Wildman–Crippen LogP) is 5.36. The van der Waals surface area contributed by atoms with Gasteiger partial charge in [-0.15, -0.1) is 0 Å². The van der Waals surface area contributed by atoms with E-state index in [0.717, 1.165) is 12.8 Å². The Morgan fingerprint density at radius 3 is 2.67 bits per heavy atom. The number of rotatable bonds is 8. The summed E-state index contributed by atoms with van der Waals surface area (Å²) in [5, 5.41) is 20.8. The number of anilines is 1. The second-order valence-corrected chi connectivity index (χ2v) is 6.80. The Morgan fingerprint density at radius 2 is 2.07 bits per heavy atom. The number of hydrogen-bond donors (Lipinski definition) is 2. The van der Waals surface area contributed by atoms with Crippen molar-refractivity contribution < 1.29 is 23.8 Å². The van der Waals surface area contributed by atoms with Gasteiger partial charge in [0.2, 0.25) is 0 Å². The summed E-state index contributed by atoms with van der Waals surface area (Å²) in [6.45, 7) is 5.15. The smallest absolute Gasteiger partial charge is 0.269 e. The SMILES string of the molecule is CCCC(C)Oc1cc(NC(=O)/C(C#N)=C(/C)O)c(F)cc1-c1cccc(OC)c1. The van der Waals surface area contributed by atoms with E-state index in [1.807, 2.05) is 13.8 Å². The Labute approximate surface area is 175 Å². The number of halogens is 1. The quantitative estimate of drug-likeness (QED) is 0.346. The molecule has 2 aromatic carbocycles. The molecule has 6 nitrogen and oxygen atoms in total. The molecule has 0 radical (unpaired) electrons. The molecular weight excluding hydrogens is 387 g/mol. The van der Waals surface area contributed by atoms with Gasteiger partial charge in [-0.05, 0) is 44.0 Å². The van der Waals surface area contributed by atoms with Crippen molar-refractivity contribution in [1.29, 1.82) is 5.26 Å². The number of carbonyl (C=O) groups is 1. The van der Waals surface area contributed by atoms with Crippen molar-refractivity contribution in [1.82, 2.24) is 0 Å². The van der Waals surface area contributed by atoms with Gasteiger partial charge in [-0.3, -0.25) is 4.79 Å². The average molecular weight is 412 g/mol. The van der Waals surface area contributed by atoms with Crippen molar-refractivity contribution in [2.75, 3.05) is 12.4 Å². The maximum Gasteiger partial charge on any atom is 0.269 e. The van der Waals surface area contributed by atoms with E-state index >= 15 is 0 Å². The lowest BCUT2D eigenvalue weighted by molar-refractivity contribution is -0.112. The van der Waals surface area contributed by atoms with Crippen LogP contribution in [0.1, 0.15) is 33.6 Å². The molecule has 0 aliphatic carbocycles. The van der Waals surface area contributed by atoms with Gasteiger partial charge >= 0.3 is 0 Å². The summed E-state index contributed by atoms with van der Waals surface area (Å²) in [6, 6.07) is 11.4. The molecule has 2 aromatic rings. The standard InChI is InChI=1S/C23H25FN2O4/c1-5-7-14(2)30-22-12-21(26-23(28)19(13-25)15(3)27)20(24)11-18(22)16-8-6-9-17(10-16)29-4/h6,8-12,14,27H,5,7H2,1-4H3,(H,26,28)/b19-15-. The molecule has 0 fully saturated rings. The van der Waals surface area contributed by atoms with Crippen LogP contribution in [0.4, 0.5) is 10.1 Å². The molecule has 0 saturated heterocycles. The van der Waals surface area contributed by atoms with Crippen LogP contribution in [-0.2, 0) is 4.79 Å². The molecule has 0 aliphatic rings. The van der Waals surface area contributed by atoms with Crippen LogP contribution in [0.2, 0.25) is 0 Å². The molecule has 2 rings (SSSR count). The molecule has 7 heteroatoms. The third kappa shape index (κ3) is 5.51. The molecular formula is C23H25FN2O4. The molecule has 1 amide bonds. The van der Waals surface area contributed by atoms with Gasteiger partial charge < -0.3 is 19.9 Å². The Bertz CT molecular complexity index is 991. The predicted molar refractivity (Wildman–Crippen MR) is 113 cm³/mol. The number of methoxy groups -OCH3 is 1. The second-order valence-electron chi connectivity index (χ2n) is 6.80. The third-order valence-corrected chi connectivity index (χ3v) is 4.42. The fraction of sp³-hybridized carbons (Fsp3) is 0.304. The number of nitriles is 1. The lowest BCUT2D eigenvalue weighted by Gasteiger charge is -2.19. The van der Waals surface area contributed by atoms with E-state index in [-0.39, 0.29) is 11.8 Å². The second kappa shape index (κ2) is 10.3. The van der Waals surface area contributed by atoms with E-state index in [4.69, 9.17) is 14.7 Å². The van der Waals surface area contributed by atoms with Gasteiger partial charge in [0.15, 0.2) is 5.57 Å². The maximum atomic E-state index is 14.8. The van der Waals surface area contributed by atoms with E-state index in [9.17, 15) is 14.3 Å². The molecule has 0 aliphatic heterocycles. The molecule has 2 N–H and O–H groups in total. The molecule has 0 bridgehead atoms. The van der Waals surface area contributed by atoms with Crippen molar-refractivity contribution in [3.8, 4) is 28.7 Å². The van der Waals surface area contributed by atoms with Crippen LogP contribution >= 0.6 is 0 Å². The number of carbonyl (C=O) groups excluding carboxylic acids is 1. The van der Waals surface area contributed by atoms with Crippen LogP contribution in [0, 0.1) is 17.1 Å². The van der Waals surface area contributed by atoms with Crippen LogP contribution in [0.15, 0.2) is 47.7 Å². The van der Waals surface area contributed by atoms with Gasteiger partial charge in [0.05, 0.1) is 18.9 Å². The number of aliphatic hydroxyl groups is 1. The lowest BCUT2D eigenvalue weighted by Crippen LogP contribution is -2.17. The minimum atomic E-state index is -0.905. The number of allylic oxidation sites excluding steroid dienone is 1. The topological polar surface area (TPSA) is 91.6 Å². The van der Waals surface area contributed by atoms with E-state index in [2.05, 4.69) is 5.32 Å². The summed E-state index contributed by atoms with van der Waals surface area (Å²) < 4.78 is 26.1. The Hall–Kier alpha value is -3.53. The van der Waals surface area contributed by atoms with Gasteiger partial charge in [0.25, 0.3) is 5.91 Å². The summed E-state index contributed by atoms with van der Waals surface area (Å²) in [5.74, 6) is -1.07. The summed E-state index contributed by atoms with van der Waals surface area (Å²) in [7, 11) is 1.54. The molecule has 1 atom stereocenters. The van der Waals surface area contributed by atoms with Crippen molar-refractivity contribution in [3.63, 3.8) is 0 Å². The van der Waals surface area contributed by atoms with Gasteiger partial charge in [0, 0.05) is 11.6 Å². The van der Waals surface area contributed by atoms with Crippen LogP contribution in [0.3, 0.4) is 0 Å². The van der Waals surface area contributed by atoms with Crippen LogP contribution in [0.5, 0.6) is 11.5 Å². The van der Waals surface area contributed by atoms with Gasteiger partial charge in [0.1, 0.15) is 29.1 Å². The number of ether oxygens (including phenoxy) is 2. The lowest BCUT2D eigenvalue weighted by atomic mass is 10.0. The molecule has 0 spiro atoms. The highest BCUT2D eigenvalue weighted by atomic mass is 19.1. The van der Waals surface area contributed by atoms with Gasteiger partial charge in [-0.1, -0.05) is 25.5 Å². The number of amides is 1. The van der Waals surface area contributed by atoms with Crippen LogP contribution < -0.4 is 14.8 Å². The minimum absolute atomic E-state index is 0.136. The maximum absolute atomic E-state index is 14.8. The number of aliphatic hydroxyl groups excluding tert-OH is 1. The molecule has 0 aromatic heterocycles. The monoisotopic (exact) mass is 412 g/mol. The van der Waals surface area contributed by atoms with Crippen LogP contribution in [0.25, 0.3) is 11.1 Å². The highest BCUT2D eigenvalue weighted by Gasteiger charge is 2.19. The van der Waals surface area contributed by atoms with Crippen molar-refractivity contribution in [2.24, 2.45) is 0 Å². The Balaban J connectivity index is 2.53. The zero-order valence-corrected chi connectivity index (χ0v) is 17.5. The summed E-state index contributed by atoms with van der Waals surface area (Å²) in [5.41, 5.74) is 0.544. The minimum Gasteiger partial charge on any atom is -0.511 e. The van der Waals surface area contributed by atoms with Gasteiger partial charge in [-0.2, -0.15) is 5.26 Å². The first-order valence-electron chi connectivity index (χ1n) is 9.56. The first-order chi connectivity index (χ1) is 14.3. The molecule has 30 heavy (non-hydrogen) atoms. The first-order valence-corrected chi connectivity index (χ1v) is 9.56. The van der Waals surface area contributed by atoms with Crippen molar-refractivity contribution in [2.45, 2.75) is 39.7 Å². The van der Waals surface area contributed by atoms with Crippen molar-refractivity contribution in [3.05, 3.63) is 53.5 Å². The molecule has 0 heterocycles. The van der Waals surface area contributed by atoms with Gasteiger partial charge in [-0.25, -0.2) is 4.39 Å². The normalized spacial score (nSPS) is 12.4. The molecule has 0 saturated carbocycles. The van der Waals surface area contributed by atoms with E-state index < -0.39 is 23.1 Å². The Morgan fingerprint density at radius 1 is 1.33 bits per heavy atom. The summed E-state index contributed by atoms with van der Waals surface area (Å²) in [6.07, 6.45) is 1.57. The third-order valence-electron chi connectivity index (χ3n) is 4.42. The van der Waals surface area contributed by atoms with E-state index in [0.29, 0.717) is 22.6 Å². The van der Waals surface area contributed by atoms with Crippen LogP contribution in [-0.4, -0.2) is 24.2 Å². The molecule has 1 unspecified atom stereocenters. The zero-order chi connectivity index (χ0) is 22.3. The highest BCUT2D eigenvalue weighted by molar-refractivity contribution is 6.07. The largest absolute Gasteiger partial charge is 0.511 e. The summed E-state index contributed by atoms with van der Waals surface area (Å²) in [4.78, 5) is 12.2. The zero-order valence-electron chi connectivity index (χ0n) is 17.5. The number of hydrogen-bond acceptors (Lipinski definition) is 5. The number of nitrogens with one attached hydrogen (secondary N) is 1. The highest BCUT2D eigenvalue weighted by Crippen LogP contribution is 2.37. The first kappa shape index (κ1) is 22.8. The number of nitrogens with zero attached hydrogens (tertiary/aromatic N) is 1. The Kier molecular flexibility index (Phi) is 7.82. The summed E-state index contributed by atoms with van der Waals surface area (Å²) >= 11 is 0. The van der Waals surface area contributed by atoms with E-state index in [1.165, 1.54) is 19.1 Å². The fourth-order valence-electron chi connectivity index (χ4n) is 2.93. The van der Waals surface area contributed by atoms with Crippen molar-refractivity contribution >= 4 is 11.6 Å². The fourth-order valence-corrected chi connectivity index (χ4v) is 2.93.